The van der Waals surface area contributed by atoms with Crippen molar-refractivity contribution in [2.75, 3.05) is 20.2 Å². The molecular weight excluding hydrogens is 436 g/mol. The van der Waals surface area contributed by atoms with Gasteiger partial charge in [-0.2, -0.15) is 0 Å². The molecule has 35 heavy (non-hydrogen) atoms. The second-order valence-electron chi connectivity index (χ2n) is 9.64. The molecule has 1 fully saturated rings. The molecule has 1 saturated heterocycles. The molecule has 0 radical (unpaired) electrons. The van der Waals surface area contributed by atoms with E-state index >= 15 is 0 Å². The molecule has 0 unspecified atom stereocenters. The van der Waals surface area contributed by atoms with Gasteiger partial charge < -0.3 is 18.9 Å². The third-order valence-electron chi connectivity index (χ3n) is 7.81. The maximum Gasteiger partial charge on any atom is 0.256 e. The molecule has 0 atom stereocenters. The molecule has 6 rings (SSSR count). The fourth-order valence-electron chi connectivity index (χ4n) is 5.85. The number of rotatable bonds is 4. The molecule has 2 aliphatic rings. The van der Waals surface area contributed by atoms with E-state index in [1.807, 2.05) is 29.2 Å². The highest BCUT2D eigenvalue weighted by Gasteiger charge is 2.43. The molecule has 4 aromatic rings. The summed E-state index contributed by atoms with van der Waals surface area (Å²) in [6, 6.07) is 24.9. The molecule has 1 amide bonds. The zero-order chi connectivity index (χ0) is 24.0. The van der Waals surface area contributed by atoms with E-state index in [0.717, 1.165) is 40.8 Å². The Hall–Kier alpha value is -3.57. The van der Waals surface area contributed by atoms with Crippen LogP contribution in [0.15, 0.2) is 72.8 Å². The quantitative estimate of drug-likeness (QED) is 0.389. The summed E-state index contributed by atoms with van der Waals surface area (Å²) in [5.74, 6) is 0.962. The van der Waals surface area contributed by atoms with Crippen LogP contribution in [0.1, 0.15) is 45.6 Å². The largest absolute Gasteiger partial charge is 0.497 e. The molecule has 2 aliphatic heterocycles. The fourth-order valence-corrected chi connectivity index (χ4v) is 5.85. The highest BCUT2D eigenvalue weighted by Crippen LogP contribution is 2.44. The first-order valence-electron chi connectivity index (χ1n) is 12.3. The van der Waals surface area contributed by atoms with Crippen molar-refractivity contribution in [2.24, 2.45) is 0 Å². The highest BCUT2D eigenvalue weighted by molar-refractivity contribution is 6.08. The molecule has 1 aromatic heterocycles. The van der Waals surface area contributed by atoms with E-state index in [1.54, 1.807) is 7.11 Å². The lowest BCUT2D eigenvalue weighted by molar-refractivity contribution is -0.0741. The van der Waals surface area contributed by atoms with Crippen LogP contribution in [-0.2, 0) is 23.5 Å². The number of ether oxygens (including phenoxy) is 2. The van der Waals surface area contributed by atoms with Crippen LogP contribution >= 0.6 is 0 Å². The van der Waals surface area contributed by atoms with Gasteiger partial charge in [0, 0.05) is 36.2 Å². The van der Waals surface area contributed by atoms with Gasteiger partial charge in [0.05, 0.1) is 24.9 Å². The van der Waals surface area contributed by atoms with Gasteiger partial charge in [-0.05, 0) is 54.7 Å². The molecular formula is C30H30N2O3. The van der Waals surface area contributed by atoms with Crippen LogP contribution in [0.3, 0.4) is 0 Å². The molecule has 0 bridgehead atoms. The number of methoxy groups -OCH3 is 1. The number of aromatic nitrogens is 1. The van der Waals surface area contributed by atoms with Gasteiger partial charge in [0.2, 0.25) is 0 Å². The molecule has 3 aromatic carbocycles. The minimum Gasteiger partial charge on any atom is -0.497 e. The Bertz CT molecular complexity index is 1400. The number of nitrogens with zero attached hydrogens (tertiary/aromatic N) is 2. The number of likely N-dealkylation sites (tertiary alicyclic amines) is 1. The van der Waals surface area contributed by atoms with E-state index in [-0.39, 0.29) is 11.5 Å². The number of fused-ring (bicyclic) bond motifs is 3. The van der Waals surface area contributed by atoms with E-state index < -0.39 is 0 Å². The zero-order valence-electron chi connectivity index (χ0n) is 20.3. The number of hydrogen-bond acceptors (Lipinski definition) is 3. The summed E-state index contributed by atoms with van der Waals surface area (Å²) in [5, 5.41) is 1.02. The van der Waals surface area contributed by atoms with E-state index in [1.165, 1.54) is 16.7 Å². The van der Waals surface area contributed by atoms with Crippen molar-refractivity contribution >= 4 is 16.8 Å². The van der Waals surface area contributed by atoms with Crippen molar-refractivity contribution in [2.45, 2.75) is 38.5 Å². The maximum absolute atomic E-state index is 13.9. The molecule has 5 heteroatoms. The summed E-state index contributed by atoms with van der Waals surface area (Å²) in [5.41, 5.74) is 6.43. The van der Waals surface area contributed by atoms with Crippen LogP contribution in [-0.4, -0.2) is 35.6 Å². The number of carbonyl (C=O) groups is 1. The maximum atomic E-state index is 13.9. The van der Waals surface area contributed by atoms with Crippen LogP contribution in [0.4, 0.5) is 0 Å². The van der Waals surface area contributed by atoms with E-state index in [4.69, 9.17) is 9.47 Å². The lowest BCUT2D eigenvalue weighted by Gasteiger charge is -2.39. The number of hydrogen-bond donors (Lipinski definition) is 0. The first-order chi connectivity index (χ1) is 17.1. The van der Waals surface area contributed by atoms with Crippen molar-refractivity contribution < 1.29 is 14.3 Å². The van der Waals surface area contributed by atoms with E-state index in [0.29, 0.717) is 26.2 Å². The molecule has 178 valence electrons. The lowest BCUT2D eigenvalue weighted by atomic mass is 9.83. The summed E-state index contributed by atoms with van der Waals surface area (Å²) in [4.78, 5) is 15.9. The number of piperidine rings is 1. The predicted octanol–water partition coefficient (Wildman–Crippen LogP) is 5.67. The van der Waals surface area contributed by atoms with Crippen LogP contribution in [0.25, 0.3) is 10.9 Å². The Balaban J connectivity index is 1.28. The van der Waals surface area contributed by atoms with Crippen molar-refractivity contribution in [3.05, 3.63) is 101 Å². The van der Waals surface area contributed by atoms with Crippen molar-refractivity contribution in [3.8, 4) is 5.75 Å². The third kappa shape index (κ3) is 3.62. The molecule has 5 nitrogen and oxygen atoms in total. The molecule has 1 spiro atoms. The summed E-state index contributed by atoms with van der Waals surface area (Å²) in [7, 11) is 1.68. The summed E-state index contributed by atoms with van der Waals surface area (Å²) in [6.07, 6.45) is 1.67. The van der Waals surface area contributed by atoms with Gasteiger partial charge in [0.15, 0.2) is 0 Å². The summed E-state index contributed by atoms with van der Waals surface area (Å²) in [6.45, 7) is 4.84. The van der Waals surface area contributed by atoms with E-state index in [2.05, 4.69) is 60.0 Å². The van der Waals surface area contributed by atoms with Gasteiger partial charge in [0.25, 0.3) is 5.91 Å². The normalized spacial score (nSPS) is 16.6. The predicted molar refractivity (Wildman–Crippen MR) is 137 cm³/mol. The van der Waals surface area contributed by atoms with Gasteiger partial charge >= 0.3 is 0 Å². The van der Waals surface area contributed by atoms with Crippen molar-refractivity contribution in [3.63, 3.8) is 0 Å². The molecule has 0 aliphatic carbocycles. The van der Waals surface area contributed by atoms with E-state index in [9.17, 15) is 4.79 Å². The molecule has 0 N–H and O–H groups in total. The van der Waals surface area contributed by atoms with Crippen LogP contribution in [0, 0.1) is 6.92 Å². The number of amides is 1. The Morgan fingerprint density at radius 1 is 0.971 bits per heavy atom. The average Bonchev–Trinajstić information content (AvgIpc) is 3.40. The minimum absolute atomic E-state index is 0.119. The van der Waals surface area contributed by atoms with Crippen molar-refractivity contribution in [1.29, 1.82) is 0 Å². The van der Waals surface area contributed by atoms with Gasteiger partial charge in [-0.3, -0.25) is 4.79 Å². The standard InChI is InChI=1S/C30H30N2O3/c1-21-28(25-8-4-6-10-27(25)32(21)19-22-11-13-24(34-2)14-12-22)29(33)31-17-15-30(16-18-31)26-9-5-3-7-23(26)20-35-30/h3-14H,15-20H2,1-2H3. The number of benzene rings is 3. The first kappa shape index (κ1) is 21.9. The van der Waals surface area contributed by atoms with Gasteiger partial charge in [-0.25, -0.2) is 0 Å². The van der Waals surface area contributed by atoms with Crippen molar-refractivity contribution in [1.82, 2.24) is 9.47 Å². The summed E-state index contributed by atoms with van der Waals surface area (Å²) < 4.78 is 13.9. The van der Waals surface area contributed by atoms with Crippen LogP contribution in [0.2, 0.25) is 0 Å². The fraction of sp³-hybridized carbons (Fsp3) is 0.300. The SMILES string of the molecule is COc1ccc(Cn2c(C)c(C(=O)N3CCC4(CC3)OCc3ccccc34)c3ccccc32)cc1. The Morgan fingerprint density at radius 3 is 2.46 bits per heavy atom. The second-order valence-corrected chi connectivity index (χ2v) is 9.64. The van der Waals surface area contributed by atoms with Gasteiger partial charge in [-0.15, -0.1) is 0 Å². The lowest BCUT2D eigenvalue weighted by Crippen LogP contribution is -2.45. The number of para-hydroxylation sites is 1. The monoisotopic (exact) mass is 466 g/mol. The average molecular weight is 467 g/mol. The topological polar surface area (TPSA) is 43.7 Å². The minimum atomic E-state index is -0.245. The highest BCUT2D eigenvalue weighted by atomic mass is 16.5. The van der Waals surface area contributed by atoms with Gasteiger partial charge in [-0.1, -0.05) is 54.6 Å². The van der Waals surface area contributed by atoms with Crippen LogP contribution in [0.5, 0.6) is 5.75 Å². The molecule has 3 heterocycles. The third-order valence-corrected chi connectivity index (χ3v) is 7.81. The molecule has 0 saturated carbocycles. The number of carbonyl (C=O) groups excluding carboxylic acids is 1. The zero-order valence-corrected chi connectivity index (χ0v) is 20.3. The Kier molecular flexibility index (Phi) is 5.37. The smallest absolute Gasteiger partial charge is 0.256 e. The van der Waals surface area contributed by atoms with Crippen LogP contribution < -0.4 is 4.74 Å². The second kappa shape index (κ2) is 8.58. The Morgan fingerprint density at radius 2 is 1.69 bits per heavy atom. The summed E-state index contributed by atoms with van der Waals surface area (Å²) >= 11 is 0. The first-order valence-corrected chi connectivity index (χ1v) is 12.3. The Labute approximate surface area is 205 Å². The van der Waals surface area contributed by atoms with Gasteiger partial charge in [0.1, 0.15) is 5.75 Å².